The molecule has 1 rings (SSSR count). The molecule has 2 nitrogen and oxygen atoms in total. The molecule has 0 heterocycles. The molecule has 0 aliphatic carbocycles. The van der Waals surface area contributed by atoms with E-state index in [1.807, 2.05) is 6.92 Å². The van der Waals surface area contributed by atoms with Crippen molar-refractivity contribution < 1.29 is 0 Å². The van der Waals surface area contributed by atoms with Crippen molar-refractivity contribution in [2.24, 2.45) is 5.73 Å². The molecule has 3 atom stereocenters. The summed E-state index contributed by atoms with van der Waals surface area (Å²) < 4.78 is 0. The first kappa shape index (κ1) is 13.2. The first-order valence-electron chi connectivity index (χ1n) is 6.00. The van der Waals surface area contributed by atoms with Crippen molar-refractivity contribution >= 4 is 0 Å². The minimum absolute atomic E-state index is 0.174. The molecular weight excluding hydrogens is 196 g/mol. The molecule has 0 radical (unpaired) electrons. The van der Waals surface area contributed by atoms with Crippen LogP contribution >= 0.6 is 0 Å². The van der Waals surface area contributed by atoms with Crippen LogP contribution in [0.3, 0.4) is 0 Å². The molecule has 0 amide bonds. The lowest BCUT2D eigenvalue weighted by Gasteiger charge is -2.24. The molecule has 0 saturated heterocycles. The van der Waals surface area contributed by atoms with Crippen LogP contribution in [0.1, 0.15) is 43.5 Å². The van der Waals surface area contributed by atoms with Crippen LogP contribution in [0.4, 0.5) is 0 Å². The molecule has 0 aliphatic heterocycles. The van der Waals surface area contributed by atoms with E-state index < -0.39 is 0 Å². The molecule has 1 aromatic carbocycles. The van der Waals surface area contributed by atoms with Gasteiger partial charge in [0.25, 0.3) is 0 Å². The maximum Gasteiger partial charge on any atom is 0.0297 e. The van der Waals surface area contributed by atoms with Crippen molar-refractivity contribution in [1.82, 2.24) is 5.32 Å². The van der Waals surface area contributed by atoms with Crippen molar-refractivity contribution in [1.29, 1.82) is 0 Å². The van der Waals surface area contributed by atoms with E-state index in [9.17, 15) is 0 Å². The molecule has 0 spiro atoms. The summed E-state index contributed by atoms with van der Waals surface area (Å²) in [5, 5.41) is 3.53. The Balaban J connectivity index is 2.76. The Labute approximate surface area is 99.2 Å². The molecule has 0 bridgehead atoms. The van der Waals surface area contributed by atoms with Crippen molar-refractivity contribution in [3.63, 3.8) is 0 Å². The van der Waals surface area contributed by atoms with Gasteiger partial charge < -0.3 is 11.1 Å². The first-order valence-corrected chi connectivity index (χ1v) is 6.00. The van der Waals surface area contributed by atoms with E-state index in [-0.39, 0.29) is 6.04 Å². The summed E-state index contributed by atoms with van der Waals surface area (Å²) in [5.74, 6) is 0. The van der Waals surface area contributed by atoms with E-state index in [1.54, 1.807) is 0 Å². The van der Waals surface area contributed by atoms with Gasteiger partial charge in [0.05, 0.1) is 0 Å². The third-order valence-corrected chi connectivity index (χ3v) is 3.19. The maximum atomic E-state index is 5.86. The zero-order chi connectivity index (χ0) is 12.3. The number of aryl methyl sites for hydroxylation is 2. The van der Waals surface area contributed by atoms with Crippen LogP contribution in [0.15, 0.2) is 18.2 Å². The van der Waals surface area contributed by atoms with Crippen LogP contribution in [-0.2, 0) is 0 Å². The monoisotopic (exact) mass is 220 g/mol. The predicted octanol–water partition coefficient (Wildman–Crippen LogP) is 2.69. The largest absolute Gasteiger partial charge is 0.327 e. The van der Waals surface area contributed by atoms with Crippen molar-refractivity contribution in [2.75, 3.05) is 0 Å². The quantitative estimate of drug-likeness (QED) is 0.818. The van der Waals surface area contributed by atoms with Gasteiger partial charge >= 0.3 is 0 Å². The number of nitrogens with two attached hydrogens (primary N) is 1. The topological polar surface area (TPSA) is 38.0 Å². The Hall–Kier alpha value is -0.860. The molecule has 3 unspecified atom stereocenters. The SMILES string of the molecule is Cc1ccc(C(C)NC(C)C(C)N)c(C)c1. The second-order valence-electron chi connectivity index (χ2n) is 4.90. The highest BCUT2D eigenvalue weighted by molar-refractivity contribution is 5.32. The molecule has 0 aliphatic rings. The Morgan fingerprint density at radius 2 is 1.75 bits per heavy atom. The Morgan fingerprint density at radius 1 is 1.12 bits per heavy atom. The summed E-state index contributed by atoms with van der Waals surface area (Å²) in [6.45, 7) is 10.6. The maximum absolute atomic E-state index is 5.86. The summed E-state index contributed by atoms with van der Waals surface area (Å²) in [6.07, 6.45) is 0. The van der Waals surface area contributed by atoms with E-state index >= 15 is 0 Å². The van der Waals surface area contributed by atoms with E-state index in [1.165, 1.54) is 16.7 Å². The minimum atomic E-state index is 0.174. The van der Waals surface area contributed by atoms with E-state index in [2.05, 4.69) is 51.2 Å². The average molecular weight is 220 g/mol. The van der Waals surface area contributed by atoms with Gasteiger partial charge in [0.2, 0.25) is 0 Å². The summed E-state index contributed by atoms with van der Waals surface area (Å²) in [6, 6.07) is 7.45. The molecule has 3 N–H and O–H groups in total. The van der Waals surface area contributed by atoms with Gasteiger partial charge in [-0.3, -0.25) is 0 Å². The smallest absolute Gasteiger partial charge is 0.0297 e. The Bertz CT molecular complexity index is 345. The molecule has 1 aromatic rings. The predicted molar refractivity (Wildman–Crippen MR) is 70.6 cm³/mol. The lowest BCUT2D eigenvalue weighted by Crippen LogP contribution is -2.42. The third kappa shape index (κ3) is 3.32. The molecule has 90 valence electrons. The Morgan fingerprint density at radius 3 is 2.25 bits per heavy atom. The van der Waals surface area contributed by atoms with Gasteiger partial charge in [-0.15, -0.1) is 0 Å². The molecule has 16 heavy (non-hydrogen) atoms. The molecular formula is C14H24N2. The lowest BCUT2D eigenvalue weighted by molar-refractivity contribution is 0.429. The van der Waals surface area contributed by atoms with Crippen LogP contribution in [0.25, 0.3) is 0 Å². The van der Waals surface area contributed by atoms with Gasteiger partial charge in [0, 0.05) is 18.1 Å². The number of rotatable bonds is 4. The molecule has 0 fully saturated rings. The van der Waals surface area contributed by atoms with E-state index in [0.29, 0.717) is 12.1 Å². The zero-order valence-corrected chi connectivity index (χ0v) is 11.0. The van der Waals surface area contributed by atoms with Gasteiger partial charge in [0.1, 0.15) is 0 Å². The number of hydrogen-bond acceptors (Lipinski definition) is 2. The number of nitrogens with one attached hydrogen (secondary N) is 1. The van der Waals surface area contributed by atoms with Gasteiger partial charge in [0.15, 0.2) is 0 Å². The highest BCUT2D eigenvalue weighted by atomic mass is 15.0. The van der Waals surface area contributed by atoms with Crippen molar-refractivity contribution in [3.8, 4) is 0 Å². The Kier molecular flexibility index (Phi) is 4.51. The van der Waals surface area contributed by atoms with E-state index in [0.717, 1.165) is 0 Å². The lowest BCUT2D eigenvalue weighted by atomic mass is 9.99. The standard InChI is InChI=1S/C14H24N2/c1-9-6-7-14(10(2)8-9)13(5)16-12(4)11(3)15/h6-8,11-13,16H,15H2,1-5H3. The first-order chi connectivity index (χ1) is 7.41. The summed E-state index contributed by atoms with van der Waals surface area (Å²) in [7, 11) is 0. The average Bonchev–Trinajstić information content (AvgIpc) is 2.16. The van der Waals surface area contributed by atoms with Crippen LogP contribution in [0.2, 0.25) is 0 Å². The highest BCUT2D eigenvalue weighted by Crippen LogP contribution is 2.19. The molecule has 0 saturated carbocycles. The fraction of sp³-hybridized carbons (Fsp3) is 0.571. The van der Waals surface area contributed by atoms with E-state index in [4.69, 9.17) is 5.73 Å². The second-order valence-corrected chi connectivity index (χ2v) is 4.90. The number of benzene rings is 1. The fourth-order valence-corrected chi connectivity index (χ4v) is 1.95. The normalized spacial score (nSPS) is 16.9. The summed E-state index contributed by atoms with van der Waals surface area (Å²) in [4.78, 5) is 0. The molecule has 0 aromatic heterocycles. The number of hydrogen-bond donors (Lipinski definition) is 2. The van der Waals surface area contributed by atoms with Gasteiger partial charge in [-0.1, -0.05) is 23.8 Å². The van der Waals surface area contributed by atoms with Gasteiger partial charge in [-0.2, -0.15) is 0 Å². The zero-order valence-electron chi connectivity index (χ0n) is 11.0. The highest BCUT2D eigenvalue weighted by Gasteiger charge is 2.13. The van der Waals surface area contributed by atoms with Crippen LogP contribution < -0.4 is 11.1 Å². The summed E-state index contributed by atoms with van der Waals surface area (Å²) in [5.41, 5.74) is 9.88. The minimum Gasteiger partial charge on any atom is -0.327 e. The summed E-state index contributed by atoms with van der Waals surface area (Å²) >= 11 is 0. The third-order valence-electron chi connectivity index (χ3n) is 3.19. The molecule has 2 heteroatoms. The second kappa shape index (κ2) is 5.46. The van der Waals surface area contributed by atoms with Crippen LogP contribution in [-0.4, -0.2) is 12.1 Å². The van der Waals surface area contributed by atoms with Crippen LogP contribution in [0.5, 0.6) is 0 Å². The van der Waals surface area contributed by atoms with Gasteiger partial charge in [-0.25, -0.2) is 0 Å². The van der Waals surface area contributed by atoms with Crippen LogP contribution in [0, 0.1) is 13.8 Å². The fourth-order valence-electron chi connectivity index (χ4n) is 1.95. The van der Waals surface area contributed by atoms with Gasteiger partial charge in [-0.05, 0) is 45.7 Å². The van der Waals surface area contributed by atoms with Crippen molar-refractivity contribution in [2.45, 2.75) is 52.7 Å². The van der Waals surface area contributed by atoms with Crippen molar-refractivity contribution in [3.05, 3.63) is 34.9 Å².